The highest BCUT2D eigenvalue weighted by molar-refractivity contribution is 5.64. The maximum absolute atomic E-state index is 11.7. The Morgan fingerprint density at radius 3 is 1.40 bits per heavy atom. The van der Waals surface area contributed by atoms with Gasteiger partial charge in [-0.1, -0.05) is 0 Å². The monoisotopic (exact) mass is 486 g/mol. The van der Waals surface area contributed by atoms with E-state index in [2.05, 4.69) is 9.80 Å². The van der Waals surface area contributed by atoms with Gasteiger partial charge in [0.2, 0.25) is 11.5 Å². The molecule has 0 atom stereocenters. The zero-order chi connectivity index (χ0) is 24.9. The van der Waals surface area contributed by atoms with E-state index >= 15 is 0 Å². The van der Waals surface area contributed by atoms with Crippen LogP contribution in [-0.2, 0) is 9.47 Å². The van der Waals surface area contributed by atoms with Crippen LogP contribution >= 0.6 is 0 Å². The SMILES string of the molecule is COC1CCN(c2ccc([N+](=O)[O-])c(Oc3cc(N4CCC(OC)CC4)ccc3[N+](=O)[O-])c2)CC1. The van der Waals surface area contributed by atoms with Crippen molar-refractivity contribution in [2.24, 2.45) is 0 Å². The van der Waals surface area contributed by atoms with Crippen molar-refractivity contribution in [3.8, 4) is 11.5 Å². The third-order valence-electron chi connectivity index (χ3n) is 6.78. The number of methoxy groups -OCH3 is 2. The molecule has 0 unspecified atom stereocenters. The molecule has 0 amide bonds. The first-order valence-electron chi connectivity index (χ1n) is 11.7. The van der Waals surface area contributed by atoms with E-state index < -0.39 is 9.85 Å². The summed E-state index contributed by atoms with van der Waals surface area (Å²) in [6.07, 6.45) is 3.76. The van der Waals surface area contributed by atoms with Gasteiger partial charge in [-0.2, -0.15) is 0 Å². The Balaban J connectivity index is 1.63. The second-order valence-corrected chi connectivity index (χ2v) is 8.76. The highest BCUT2D eigenvalue weighted by atomic mass is 16.6. The van der Waals surface area contributed by atoms with E-state index in [1.165, 1.54) is 12.1 Å². The topological polar surface area (TPSA) is 120 Å². The molecule has 2 aromatic rings. The number of nitrogens with zero attached hydrogens (tertiary/aromatic N) is 4. The van der Waals surface area contributed by atoms with Gasteiger partial charge in [-0.25, -0.2) is 0 Å². The maximum atomic E-state index is 11.7. The van der Waals surface area contributed by atoms with Crippen LogP contribution in [0.25, 0.3) is 0 Å². The van der Waals surface area contributed by atoms with Crippen molar-refractivity contribution in [2.75, 3.05) is 50.2 Å². The summed E-state index contributed by atoms with van der Waals surface area (Å²) in [5, 5.41) is 23.4. The molecule has 2 aliphatic rings. The largest absolute Gasteiger partial charge is 0.443 e. The molecule has 11 nitrogen and oxygen atoms in total. The molecular formula is C24H30N4O7. The second-order valence-electron chi connectivity index (χ2n) is 8.76. The number of anilines is 2. The van der Waals surface area contributed by atoms with Crippen molar-refractivity contribution >= 4 is 22.7 Å². The first-order valence-corrected chi connectivity index (χ1v) is 11.7. The number of benzene rings is 2. The molecule has 2 aromatic carbocycles. The van der Waals surface area contributed by atoms with Crippen LogP contribution in [0.3, 0.4) is 0 Å². The zero-order valence-corrected chi connectivity index (χ0v) is 19.9. The Morgan fingerprint density at radius 2 is 1.09 bits per heavy atom. The van der Waals surface area contributed by atoms with Crippen LogP contribution in [0.5, 0.6) is 11.5 Å². The highest BCUT2D eigenvalue weighted by Gasteiger charge is 2.26. The van der Waals surface area contributed by atoms with Crippen molar-refractivity contribution in [2.45, 2.75) is 37.9 Å². The fourth-order valence-electron chi connectivity index (χ4n) is 4.68. The average molecular weight is 487 g/mol. The molecular weight excluding hydrogens is 456 g/mol. The summed E-state index contributed by atoms with van der Waals surface area (Å²) >= 11 is 0. The fourth-order valence-corrected chi connectivity index (χ4v) is 4.68. The van der Waals surface area contributed by atoms with Gasteiger partial charge >= 0.3 is 11.4 Å². The number of hydrogen-bond donors (Lipinski definition) is 0. The molecule has 0 aliphatic carbocycles. The smallest absolute Gasteiger partial charge is 0.311 e. The van der Waals surface area contributed by atoms with Crippen molar-refractivity contribution < 1.29 is 24.1 Å². The van der Waals surface area contributed by atoms with Gasteiger partial charge in [-0.05, 0) is 37.8 Å². The molecule has 2 heterocycles. The summed E-state index contributed by atoms with van der Waals surface area (Å²) in [6, 6.07) is 9.32. The van der Waals surface area contributed by atoms with Gasteiger partial charge in [0.1, 0.15) is 0 Å². The molecule has 0 radical (unpaired) electrons. The molecule has 0 bridgehead atoms. The third kappa shape index (κ3) is 5.63. The minimum atomic E-state index is -0.540. The van der Waals surface area contributed by atoms with E-state index in [4.69, 9.17) is 14.2 Å². The van der Waals surface area contributed by atoms with E-state index in [-0.39, 0.29) is 35.1 Å². The molecule has 4 rings (SSSR count). The molecule has 11 heteroatoms. The zero-order valence-electron chi connectivity index (χ0n) is 19.9. The van der Waals surface area contributed by atoms with Crippen LogP contribution in [-0.4, -0.2) is 62.5 Å². The van der Waals surface area contributed by atoms with Crippen LogP contribution in [0.1, 0.15) is 25.7 Å². The molecule has 2 saturated heterocycles. The van der Waals surface area contributed by atoms with Crippen LogP contribution < -0.4 is 14.5 Å². The summed E-state index contributed by atoms with van der Waals surface area (Å²) in [6.45, 7) is 2.96. The van der Waals surface area contributed by atoms with Crippen molar-refractivity contribution in [1.82, 2.24) is 0 Å². The molecule has 0 N–H and O–H groups in total. The fraction of sp³-hybridized carbons (Fsp3) is 0.500. The molecule has 0 saturated carbocycles. The van der Waals surface area contributed by atoms with Gasteiger partial charge in [0.05, 0.1) is 22.1 Å². The predicted octanol–water partition coefficient (Wildman–Crippen LogP) is 4.53. The molecule has 2 fully saturated rings. The summed E-state index contributed by atoms with van der Waals surface area (Å²) in [7, 11) is 3.39. The van der Waals surface area contributed by atoms with Gasteiger partial charge in [-0.3, -0.25) is 20.2 Å². The summed E-state index contributed by atoms with van der Waals surface area (Å²) in [5.41, 5.74) is 1.03. The molecule has 0 aromatic heterocycles. The van der Waals surface area contributed by atoms with Gasteiger partial charge in [-0.15, -0.1) is 0 Å². The maximum Gasteiger partial charge on any atom is 0.311 e. The lowest BCUT2D eigenvalue weighted by molar-refractivity contribution is -0.387. The van der Waals surface area contributed by atoms with Crippen molar-refractivity contribution in [3.63, 3.8) is 0 Å². The van der Waals surface area contributed by atoms with Crippen LogP contribution in [0, 0.1) is 20.2 Å². The molecule has 188 valence electrons. The van der Waals surface area contributed by atoms with E-state index in [9.17, 15) is 20.2 Å². The molecule has 0 spiro atoms. The van der Waals surface area contributed by atoms with Gasteiger partial charge in [0, 0.05) is 76.0 Å². The number of ether oxygens (including phenoxy) is 3. The van der Waals surface area contributed by atoms with Crippen molar-refractivity contribution in [3.05, 3.63) is 56.6 Å². The molecule has 2 aliphatic heterocycles. The van der Waals surface area contributed by atoms with E-state index in [1.54, 1.807) is 38.5 Å². The van der Waals surface area contributed by atoms with Gasteiger partial charge < -0.3 is 24.0 Å². The van der Waals surface area contributed by atoms with Crippen LogP contribution in [0.4, 0.5) is 22.7 Å². The lowest BCUT2D eigenvalue weighted by Crippen LogP contribution is -2.36. The normalized spacial score (nSPS) is 17.4. The average Bonchev–Trinajstić information content (AvgIpc) is 2.88. The Kier molecular flexibility index (Phi) is 7.67. The minimum absolute atomic E-state index is 0.0280. The Morgan fingerprint density at radius 1 is 0.714 bits per heavy atom. The Bertz CT molecular complexity index is 980. The minimum Gasteiger partial charge on any atom is -0.443 e. The van der Waals surface area contributed by atoms with Crippen LogP contribution in [0.15, 0.2) is 36.4 Å². The number of piperidine rings is 2. The number of hydrogen-bond acceptors (Lipinski definition) is 9. The highest BCUT2D eigenvalue weighted by Crippen LogP contribution is 2.41. The second kappa shape index (κ2) is 10.9. The number of rotatable bonds is 8. The summed E-state index contributed by atoms with van der Waals surface area (Å²) in [4.78, 5) is 26.6. The first-order chi connectivity index (χ1) is 16.9. The lowest BCUT2D eigenvalue weighted by atomic mass is 10.1. The van der Waals surface area contributed by atoms with E-state index in [0.29, 0.717) is 0 Å². The lowest BCUT2D eigenvalue weighted by Gasteiger charge is -2.33. The van der Waals surface area contributed by atoms with E-state index in [0.717, 1.165) is 63.2 Å². The third-order valence-corrected chi connectivity index (χ3v) is 6.78. The first kappa shape index (κ1) is 24.7. The quantitative estimate of drug-likeness (QED) is 0.391. The van der Waals surface area contributed by atoms with E-state index in [1.807, 2.05) is 0 Å². The standard InChI is InChI=1S/C24H30N4O7/c1-33-19-7-11-25(12-8-19)17-3-5-21(27(29)30)23(15-17)35-24-16-18(4-6-22(24)28(31)32)26-13-9-20(34-2)10-14-26/h3-6,15-16,19-20H,7-14H2,1-2H3. The number of nitro benzene ring substituents is 2. The predicted molar refractivity (Wildman–Crippen MR) is 131 cm³/mol. The Hall–Kier alpha value is -3.44. The Labute approximate surface area is 203 Å². The summed E-state index contributed by atoms with van der Waals surface area (Å²) < 4.78 is 16.8. The number of nitro groups is 2. The van der Waals surface area contributed by atoms with Crippen molar-refractivity contribution in [1.29, 1.82) is 0 Å². The van der Waals surface area contributed by atoms with Gasteiger partial charge in [0.25, 0.3) is 0 Å². The summed E-state index contributed by atoms with van der Waals surface area (Å²) in [5.74, 6) is -0.0561. The van der Waals surface area contributed by atoms with Gasteiger partial charge in [0.15, 0.2) is 0 Å². The van der Waals surface area contributed by atoms with Crippen LogP contribution in [0.2, 0.25) is 0 Å². The molecule has 35 heavy (non-hydrogen) atoms.